The topological polar surface area (TPSA) is 166 Å². The zero-order valence-electron chi connectivity index (χ0n) is 19.6. The van der Waals surface area contributed by atoms with Crippen molar-refractivity contribution in [2.75, 3.05) is 18.6 Å². The van der Waals surface area contributed by atoms with Crippen molar-refractivity contribution in [2.45, 2.75) is 44.8 Å². The number of thioether (sulfide) groups is 1. The van der Waals surface area contributed by atoms with Gasteiger partial charge in [-0.1, -0.05) is 32.0 Å². The highest BCUT2D eigenvalue weighted by molar-refractivity contribution is 7.98. The summed E-state index contributed by atoms with van der Waals surface area (Å²) in [4.78, 5) is 52.5. The SMILES string of the molecule is CSCCC(NC(=O)C(N)C(C)C)C(=O)NC(Cc1c[nH]c2ccccc12)C(=O)NCC(=O)O. The van der Waals surface area contributed by atoms with Crippen molar-refractivity contribution in [3.05, 3.63) is 36.0 Å². The number of aromatic amines is 1. The lowest BCUT2D eigenvalue weighted by Crippen LogP contribution is -2.57. The minimum atomic E-state index is -1.20. The predicted molar refractivity (Wildman–Crippen MR) is 132 cm³/mol. The van der Waals surface area contributed by atoms with Crippen molar-refractivity contribution in [1.82, 2.24) is 20.9 Å². The summed E-state index contributed by atoms with van der Waals surface area (Å²) in [5.74, 6) is -2.31. The number of hydrogen-bond donors (Lipinski definition) is 6. The lowest BCUT2D eigenvalue weighted by Gasteiger charge is -2.24. The first-order valence-electron chi connectivity index (χ1n) is 11.0. The van der Waals surface area contributed by atoms with Crippen molar-refractivity contribution in [3.8, 4) is 0 Å². The number of H-pyrrole nitrogens is 1. The third-order valence-electron chi connectivity index (χ3n) is 5.41. The number of carboxylic acids is 1. The highest BCUT2D eigenvalue weighted by Gasteiger charge is 2.29. The second-order valence-electron chi connectivity index (χ2n) is 8.35. The molecule has 3 unspecified atom stereocenters. The summed E-state index contributed by atoms with van der Waals surface area (Å²) < 4.78 is 0. The lowest BCUT2D eigenvalue weighted by atomic mass is 10.0. The highest BCUT2D eigenvalue weighted by atomic mass is 32.2. The number of fused-ring (bicyclic) bond motifs is 1. The molecule has 34 heavy (non-hydrogen) atoms. The van der Waals surface area contributed by atoms with E-state index in [2.05, 4.69) is 20.9 Å². The summed E-state index contributed by atoms with van der Waals surface area (Å²) >= 11 is 1.52. The van der Waals surface area contributed by atoms with Crippen LogP contribution in [0.15, 0.2) is 30.5 Å². The fourth-order valence-electron chi connectivity index (χ4n) is 3.36. The average molecular weight is 492 g/mol. The molecule has 0 radical (unpaired) electrons. The molecule has 0 bridgehead atoms. The van der Waals surface area contributed by atoms with Crippen molar-refractivity contribution < 1.29 is 24.3 Å². The van der Waals surface area contributed by atoms with E-state index in [1.54, 1.807) is 6.20 Å². The number of rotatable bonds is 13. The molecule has 186 valence electrons. The largest absolute Gasteiger partial charge is 0.480 e. The van der Waals surface area contributed by atoms with Crippen LogP contribution in [-0.2, 0) is 25.6 Å². The Bertz CT molecular complexity index is 1010. The van der Waals surface area contributed by atoms with Crippen LogP contribution in [0.1, 0.15) is 25.8 Å². The van der Waals surface area contributed by atoms with Crippen LogP contribution in [0, 0.1) is 5.92 Å². The van der Waals surface area contributed by atoms with Gasteiger partial charge in [-0.2, -0.15) is 11.8 Å². The van der Waals surface area contributed by atoms with E-state index in [1.165, 1.54) is 11.8 Å². The molecule has 3 amide bonds. The number of nitrogens with two attached hydrogens (primary N) is 1. The summed E-state index contributed by atoms with van der Waals surface area (Å²) in [6.45, 7) is 3.05. The van der Waals surface area contributed by atoms with Gasteiger partial charge in [0.2, 0.25) is 17.7 Å². The number of hydrogen-bond acceptors (Lipinski definition) is 6. The van der Waals surface area contributed by atoms with Crippen LogP contribution in [0.4, 0.5) is 0 Å². The first-order chi connectivity index (χ1) is 16.1. The third kappa shape index (κ3) is 7.77. The van der Waals surface area contributed by atoms with E-state index in [-0.39, 0.29) is 12.3 Å². The fourth-order valence-corrected chi connectivity index (χ4v) is 3.83. The molecule has 2 rings (SSSR count). The molecule has 0 aliphatic carbocycles. The zero-order chi connectivity index (χ0) is 25.3. The van der Waals surface area contributed by atoms with Gasteiger partial charge < -0.3 is 31.8 Å². The van der Waals surface area contributed by atoms with Crippen molar-refractivity contribution in [1.29, 1.82) is 0 Å². The second-order valence-corrected chi connectivity index (χ2v) is 9.33. The number of para-hydroxylation sites is 1. The van der Waals surface area contributed by atoms with Crippen molar-refractivity contribution in [2.24, 2.45) is 11.7 Å². The number of aliphatic carboxylic acids is 1. The normalized spacial score (nSPS) is 13.8. The minimum Gasteiger partial charge on any atom is -0.480 e. The second kappa shape index (κ2) is 13.0. The van der Waals surface area contributed by atoms with E-state index in [1.807, 2.05) is 44.4 Å². The Kier molecular flexibility index (Phi) is 10.4. The first kappa shape index (κ1) is 27.2. The molecule has 0 aliphatic rings. The molecular weight excluding hydrogens is 458 g/mol. The first-order valence-corrected chi connectivity index (χ1v) is 12.4. The van der Waals surface area contributed by atoms with Crippen molar-refractivity contribution in [3.63, 3.8) is 0 Å². The van der Waals surface area contributed by atoms with E-state index >= 15 is 0 Å². The smallest absolute Gasteiger partial charge is 0.322 e. The van der Waals surface area contributed by atoms with Gasteiger partial charge >= 0.3 is 5.97 Å². The average Bonchev–Trinajstić information content (AvgIpc) is 3.21. The zero-order valence-corrected chi connectivity index (χ0v) is 20.4. The monoisotopic (exact) mass is 491 g/mol. The van der Waals surface area contributed by atoms with Crippen molar-refractivity contribution >= 4 is 46.4 Å². The summed E-state index contributed by atoms with van der Waals surface area (Å²) in [7, 11) is 0. The molecule has 0 saturated heterocycles. The maximum atomic E-state index is 13.1. The molecule has 0 aliphatic heterocycles. The molecule has 2 aromatic rings. The molecule has 11 heteroatoms. The van der Waals surface area contributed by atoms with Gasteiger partial charge in [0.25, 0.3) is 0 Å². The van der Waals surface area contributed by atoms with Gasteiger partial charge in [0.15, 0.2) is 0 Å². The number of benzene rings is 1. The Morgan fingerprint density at radius 1 is 1.06 bits per heavy atom. The fraction of sp³-hybridized carbons (Fsp3) is 0.478. The molecule has 0 saturated carbocycles. The van der Waals surface area contributed by atoms with Gasteiger partial charge in [-0.3, -0.25) is 19.2 Å². The predicted octanol–water partition coefficient (Wildman–Crippen LogP) is 0.617. The van der Waals surface area contributed by atoms with Crippen LogP contribution in [0.2, 0.25) is 0 Å². The van der Waals surface area contributed by atoms with Gasteiger partial charge in [0.1, 0.15) is 18.6 Å². The number of carboxylic acid groups (broad SMARTS) is 1. The van der Waals surface area contributed by atoms with E-state index in [4.69, 9.17) is 10.8 Å². The van der Waals surface area contributed by atoms with Crippen LogP contribution in [0.3, 0.4) is 0 Å². The molecule has 10 nitrogen and oxygen atoms in total. The summed E-state index contributed by atoms with van der Waals surface area (Å²) in [6.07, 6.45) is 4.12. The highest BCUT2D eigenvalue weighted by Crippen LogP contribution is 2.19. The Hall–Kier alpha value is -3.05. The van der Waals surface area contributed by atoms with Gasteiger partial charge in [0.05, 0.1) is 6.04 Å². The maximum absolute atomic E-state index is 13.1. The summed E-state index contributed by atoms with van der Waals surface area (Å²) in [5.41, 5.74) is 7.59. The van der Waals surface area contributed by atoms with Gasteiger partial charge in [-0.05, 0) is 36.0 Å². The molecule has 0 fully saturated rings. The number of aromatic nitrogens is 1. The number of amides is 3. The molecule has 1 aromatic heterocycles. The molecular formula is C23H33N5O5S. The molecule has 1 heterocycles. The third-order valence-corrected chi connectivity index (χ3v) is 6.05. The van der Waals surface area contributed by atoms with Gasteiger partial charge in [-0.25, -0.2) is 0 Å². The molecule has 1 aromatic carbocycles. The Balaban J connectivity index is 2.23. The van der Waals surface area contributed by atoms with Crippen LogP contribution in [0.25, 0.3) is 10.9 Å². The Morgan fingerprint density at radius 2 is 1.74 bits per heavy atom. The van der Waals surface area contributed by atoms with Crippen LogP contribution >= 0.6 is 11.8 Å². The standard InChI is InChI=1S/C23H33N5O5S/c1-13(2)20(24)23(33)27-17(8-9-34-3)22(32)28-18(21(31)26-12-19(29)30)10-14-11-25-16-7-5-4-6-15(14)16/h4-7,11,13,17-18,20,25H,8-10,12,24H2,1-3H3,(H,26,31)(H,27,33)(H,28,32)(H,29,30). The Morgan fingerprint density at radius 3 is 2.38 bits per heavy atom. The quantitative estimate of drug-likeness (QED) is 0.239. The van der Waals surface area contributed by atoms with Crippen LogP contribution < -0.4 is 21.7 Å². The van der Waals surface area contributed by atoms with E-state index in [0.717, 1.165) is 16.5 Å². The van der Waals surface area contributed by atoms with E-state index in [0.29, 0.717) is 12.2 Å². The molecule has 0 spiro atoms. The maximum Gasteiger partial charge on any atom is 0.322 e. The summed E-state index contributed by atoms with van der Waals surface area (Å²) in [6, 6.07) is 4.82. The molecule has 7 N–H and O–H groups in total. The Labute approximate surface area is 202 Å². The van der Waals surface area contributed by atoms with Crippen LogP contribution in [-0.4, -0.2) is 70.5 Å². The van der Waals surface area contributed by atoms with Crippen LogP contribution in [0.5, 0.6) is 0 Å². The van der Waals surface area contributed by atoms with Gasteiger partial charge in [-0.15, -0.1) is 0 Å². The lowest BCUT2D eigenvalue weighted by molar-refractivity contribution is -0.138. The minimum absolute atomic E-state index is 0.110. The van der Waals surface area contributed by atoms with E-state index < -0.39 is 48.4 Å². The summed E-state index contributed by atoms with van der Waals surface area (Å²) in [5, 5.41) is 17.6. The van der Waals surface area contributed by atoms with E-state index in [9.17, 15) is 19.2 Å². The molecule has 3 atom stereocenters. The number of carbonyl (C=O) groups excluding carboxylic acids is 3. The van der Waals surface area contributed by atoms with Gasteiger partial charge in [0, 0.05) is 23.5 Å². The number of nitrogens with one attached hydrogen (secondary N) is 4. The number of carbonyl (C=O) groups is 4.